The van der Waals surface area contributed by atoms with Gasteiger partial charge in [-0.3, -0.25) is 29.7 Å². The summed E-state index contributed by atoms with van der Waals surface area (Å²) in [7, 11) is -1.27. The van der Waals surface area contributed by atoms with Gasteiger partial charge in [-0.05, 0) is 127 Å². The summed E-state index contributed by atoms with van der Waals surface area (Å²) in [5.74, 6) is 0. The number of rotatable bonds is 6. The molecule has 0 spiro atoms. The van der Waals surface area contributed by atoms with E-state index in [0.29, 0.717) is 30.1 Å². The van der Waals surface area contributed by atoms with Crippen LogP contribution in [0.1, 0.15) is 92.7 Å². The maximum absolute atomic E-state index is 9.88. The van der Waals surface area contributed by atoms with E-state index in [2.05, 4.69) is 113 Å². The molecule has 6 aromatic rings. The number of piperazine rings is 3. The quantitative estimate of drug-likeness (QED) is 0.138. The Balaban J connectivity index is 0.000000147. The molecular weight excluding hydrogens is 1360 g/mol. The van der Waals surface area contributed by atoms with Crippen molar-refractivity contribution in [3.63, 3.8) is 0 Å². The smallest absolute Gasteiger partial charge is 0.376 e. The van der Waals surface area contributed by atoms with Crippen LogP contribution in [0.15, 0.2) is 91.4 Å². The third-order valence-corrected chi connectivity index (χ3v) is 19.1. The minimum atomic E-state index is -0.424. The van der Waals surface area contributed by atoms with Gasteiger partial charge in [0.2, 0.25) is 0 Å². The Morgan fingerprint density at radius 2 is 0.634 bits per heavy atom. The Kier molecular flexibility index (Phi) is 21.8. The SMILES string of the molecule is C.CB(O)N1CCN(C2c3ccc(Cl)cc3C(Br)=Cc3cc(Cl)cnc32)CC1.CB(O)N1CCN([C@@H]2c3ccc(Cl)cc3C(Br)=Cc3cc(Cl)cnc32)CC1.CB(O)N1CCN([C@H]2c3ccc(Cl)cc3C(Br)=Cc3cc(Cl)cnc32)CC1. The van der Waals surface area contributed by atoms with Gasteiger partial charge in [-0.2, -0.15) is 0 Å². The maximum Gasteiger partial charge on any atom is 0.376 e. The minimum Gasteiger partial charge on any atom is -0.437 e. The molecule has 3 aromatic heterocycles. The molecular formula is C58H61B3Br3Cl6N9O3. The molecule has 3 atom stereocenters. The lowest BCUT2D eigenvalue weighted by molar-refractivity contribution is 0.144. The van der Waals surface area contributed by atoms with Crippen molar-refractivity contribution in [3.05, 3.63) is 189 Å². The Labute approximate surface area is 537 Å². The number of aromatic nitrogens is 3. The number of hydrogen-bond acceptors (Lipinski definition) is 12. The zero-order valence-electron chi connectivity index (χ0n) is 44.6. The zero-order valence-corrected chi connectivity index (χ0v) is 53.9. The van der Waals surface area contributed by atoms with Gasteiger partial charge in [-0.25, -0.2) is 0 Å². The molecule has 0 bridgehead atoms. The highest BCUT2D eigenvalue weighted by atomic mass is 79.9. The summed E-state index contributed by atoms with van der Waals surface area (Å²) < 4.78 is 2.90. The van der Waals surface area contributed by atoms with Gasteiger partial charge in [-0.15, -0.1) is 0 Å². The molecule has 0 amide bonds. The third-order valence-electron chi connectivity index (χ3n) is 15.8. The number of benzene rings is 3. The van der Waals surface area contributed by atoms with Crippen LogP contribution in [0, 0.1) is 0 Å². The first-order chi connectivity index (χ1) is 38.8. The second-order valence-electron chi connectivity index (χ2n) is 20.9. The molecule has 3 fully saturated rings. The van der Waals surface area contributed by atoms with Gasteiger partial charge < -0.3 is 29.5 Å². The Bertz CT molecular complexity index is 3050. The van der Waals surface area contributed by atoms with Crippen molar-refractivity contribution in [2.24, 2.45) is 0 Å². The highest BCUT2D eigenvalue weighted by Crippen LogP contribution is 2.46. The first kappa shape index (κ1) is 63.8. The van der Waals surface area contributed by atoms with Crippen LogP contribution in [-0.4, -0.2) is 159 Å². The number of hydrogen-bond donors (Lipinski definition) is 3. The maximum atomic E-state index is 9.88. The predicted molar refractivity (Wildman–Crippen MR) is 356 cm³/mol. The van der Waals surface area contributed by atoms with Crippen LogP contribution in [0.3, 0.4) is 0 Å². The normalized spacial score (nSPS) is 20.2. The van der Waals surface area contributed by atoms with Gasteiger partial charge in [-0.1, -0.05) is 143 Å². The Morgan fingerprint density at radius 3 is 0.866 bits per heavy atom. The molecule has 0 saturated carbocycles. The molecule has 6 heterocycles. The van der Waals surface area contributed by atoms with Gasteiger partial charge in [0.1, 0.15) is 0 Å². The molecule has 6 aliphatic rings. The summed E-state index contributed by atoms with van der Waals surface area (Å²) in [5, 5.41) is 33.6. The molecule has 82 heavy (non-hydrogen) atoms. The molecule has 0 radical (unpaired) electrons. The number of halogens is 9. The van der Waals surface area contributed by atoms with E-state index in [1.807, 2.05) is 75.1 Å². The van der Waals surface area contributed by atoms with Crippen LogP contribution >= 0.6 is 117 Å². The van der Waals surface area contributed by atoms with Gasteiger partial charge in [0.05, 0.1) is 50.3 Å². The third kappa shape index (κ3) is 14.3. The van der Waals surface area contributed by atoms with Gasteiger partial charge in [0.25, 0.3) is 0 Å². The summed E-state index contributed by atoms with van der Waals surface area (Å²) in [6.45, 7) is 15.4. The van der Waals surface area contributed by atoms with E-state index in [4.69, 9.17) is 84.6 Å². The summed E-state index contributed by atoms with van der Waals surface area (Å²) >= 11 is 48.7. The lowest BCUT2D eigenvalue weighted by atomic mass is 9.84. The fourth-order valence-electron chi connectivity index (χ4n) is 11.7. The van der Waals surface area contributed by atoms with Crippen LogP contribution < -0.4 is 0 Å². The number of fused-ring (bicyclic) bond motifs is 6. The second-order valence-corrected chi connectivity index (χ2v) is 26.1. The van der Waals surface area contributed by atoms with E-state index >= 15 is 0 Å². The van der Waals surface area contributed by atoms with Crippen molar-refractivity contribution in [2.45, 2.75) is 46.0 Å². The van der Waals surface area contributed by atoms with E-state index < -0.39 is 21.2 Å². The molecule has 3 N–H and O–H groups in total. The van der Waals surface area contributed by atoms with Crippen molar-refractivity contribution in [1.29, 1.82) is 0 Å². The first-order valence-electron chi connectivity index (χ1n) is 26.8. The van der Waals surface area contributed by atoms with E-state index in [1.54, 1.807) is 18.6 Å². The number of pyridine rings is 3. The molecule has 3 aliphatic heterocycles. The molecule has 24 heteroatoms. The molecule has 1 unspecified atom stereocenters. The van der Waals surface area contributed by atoms with Crippen molar-refractivity contribution < 1.29 is 15.1 Å². The van der Waals surface area contributed by atoms with E-state index in [1.165, 1.54) is 16.7 Å². The van der Waals surface area contributed by atoms with E-state index in [0.717, 1.165) is 142 Å². The summed E-state index contributed by atoms with van der Waals surface area (Å²) in [6.07, 6.45) is 11.3. The lowest BCUT2D eigenvalue weighted by Gasteiger charge is -2.40. The highest BCUT2D eigenvalue weighted by Gasteiger charge is 2.37. The van der Waals surface area contributed by atoms with Crippen molar-refractivity contribution >= 4 is 170 Å². The van der Waals surface area contributed by atoms with Gasteiger partial charge >= 0.3 is 21.2 Å². The predicted octanol–water partition coefficient (Wildman–Crippen LogP) is 13.9. The fourth-order valence-corrected chi connectivity index (χ4v) is 14.4. The summed E-state index contributed by atoms with van der Waals surface area (Å²) in [5.41, 5.74) is 12.7. The van der Waals surface area contributed by atoms with E-state index in [-0.39, 0.29) is 25.6 Å². The molecule has 3 aliphatic carbocycles. The molecule has 12 nitrogen and oxygen atoms in total. The summed E-state index contributed by atoms with van der Waals surface area (Å²) in [6, 6.07) is 23.9. The van der Waals surface area contributed by atoms with E-state index in [9.17, 15) is 15.1 Å². The standard InChI is InChI=1S/3C19H19BBrCl2N3O.CH4/c3*1-20(27)26-6-4-25(5-7-26)19-15-3-2-13(22)10-16(15)17(21)9-12-8-14(23)11-24-18(12)19;/h3*2-3,8-11,19,27H,4-7H2,1H3;1H4/t2*19-;;/m10../s1. The molecule has 428 valence electrons. The minimum absolute atomic E-state index is 0. The van der Waals surface area contributed by atoms with Gasteiger partial charge in [0, 0.05) is 142 Å². The van der Waals surface area contributed by atoms with Gasteiger partial charge in [0.15, 0.2) is 0 Å². The van der Waals surface area contributed by atoms with Crippen molar-refractivity contribution in [1.82, 2.24) is 44.1 Å². The monoisotopic (exact) mass is 1410 g/mol. The highest BCUT2D eigenvalue weighted by molar-refractivity contribution is 9.15. The van der Waals surface area contributed by atoms with Crippen LogP contribution in [0.5, 0.6) is 0 Å². The second kappa shape index (κ2) is 28.0. The largest absolute Gasteiger partial charge is 0.437 e. The van der Waals surface area contributed by atoms with Crippen LogP contribution in [0.25, 0.3) is 31.7 Å². The number of nitrogens with zero attached hydrogens (tertiary/aromatic N) is 9. The van der Waals surface area contributed by atoms with Crippen molar-refractivity contribution in [2.75, 3.05) is 78.5 Å². The van der Waals surface area contributed by atoms with Crippen molar-refractivity contribution in [3.8, 4) is 0 Å². The van der Waals surface area contributed by atoms with Crippen LogP contribution in [0.2, 0.25) is 50.6 Å². The van der Waals surface area contributed by atoms with Crippen LogP contribution in [0.4, 0.5) is 0 Å². The molecule has 3 saturated heterocycles. The topological polar surface area (TPSA) is 119 Å². The Morgan fingerprint density at radius 1 is 0.390 bits per heavy atom. The first-order valence-corrected chi connectivity index (χ1v) is 31.4. The fraction of sp³-hybridized carbons (Fsp3) is 0.328. The lowest BCUT2D eigenvalue weighted by Crippen LogP contribution is -2.52. The summed E-state index contributed by atoms with van der Waals surface area (Å²) in [4.78, 5) is 27.6. The molecule has 12 rings (SSSR count). The average Bonchev–Trinajstić information content (AvgIpc) is 3.82. The molecule has 3 aromatic carbocycles. The van der Waals surface area contributed by atoms with Crippen LogP contribution in [-0.2, 0) is 0 Å². The zero-order chi connectivity index (χ0) is 57.4. The Hall–Kier alpha value is -2.66. The average molecular weight is 1420 g/mol.